The Kier molecular flexibility index (Phi) is 4.16. The maximum atomic E-state index is 12.6. The van der Waals surface area contributed by atoms with Crippen molar-refractivity contribution in [1.29, 1.82) is 0 Å². The van der Waals surface area contributed by atoms with E-state index >= 15 is 0 Å². The third kappa shape index (κ3) is 2.73. The van der Waals surface area contributed by atoms with Gasteiger partial charge in [-0.25, -0.2) is 0 Å². The quantitative estimate of drug-likeness (QED) is 0.916. The molecule has 1 unspecified atom stereocenters. The molecule has 2 atom stereocenters. The Balaban J connectivity index is 1.71. The number of rotatable bonds is 3. The smallest absolute Gasteiger partial charge is 0.228 e. The first-order valence-electron chi connectivity index (χ1n) is 7.88. The lowest BCUT2D eigenvalue weighted by atomic mass is 10.1. The molecule has 2 aliphatic heterocycles. The van der Waals surface area contributed by atoms with Gasteiger partial charge < -0.3 is 14.9 Å². The second kappa shape index (κ2) is 6.08. The molecule has 1 N–H and O–H groups in total. The summed E-state index contributed by atoms with van der Waals surface area (Å²) in [6.45, 7) is 3.15. The molecule has 0 aliphatic carbocycles. The lowest BCUT2D eigenvalue weighted by Crippen LogP contribution is -2.42. The molecule has 0 spiro atoms. The molecular weight excluding hydrogens is 280 g/mol. The van der Waals surface area contributed by atoms with Gasteiger partial charge in [-0.05, 0) is 31.9 Å². The first-order valence-corrected chi connectivity index (χ1v) is 7.88. The predicted octanol–water partition coefficient (Wildman–Crippen LogP) is 1.33. The summed E-state index contributed by atoms with van der Waals surface area (Å²) in [4.78, 5) is 28.3. The molecule has 0 radical (unpaired) electrons. The third-order valence-corrected chi connectivity index (χ3v) is 4.69. The van der Waals surface area contributed by atoms with Crippen LogP contribution in [0, 0.1) is 12.8 Å². The lowest BCUT2D eigenvalue weighted by molar-refractivity contribution is -0.137. The summed E-state index contributed by atoms with van der Waals surface area (Å²) in [6.07, 6.45) is 2.05. The van der Waals surface area contributed by atoms with E-state index in [9.17, 15) is 14.7 Å². The molecule has 22 heavy (non-hydrogen) atoms. The second-order valence-electron chi connectivity index (χ2n) is 6.25. The van der Waals surface area contributed by atoms with Crippen molar-refractivity contribution in [3.05, 3.63) is 29.8 Å². The minimum Gasteiger partial charge on any atom is -0.394 e. The fraction of sp³-hybridized carbons (Fsp3) is 0.529. The van der Waals surface area contributed by atoms with Crippen LogP contribution < -0.4 is 4.90 Å². The molecule has 5 nitrogen and oxygen atoms in total. The van der Waals surface area contributed by atoms with Crippen LogP contribution in [-0.4, -0.2) is 47.6 Å². The summed E-state index contributed by atoms with van der Waals surface area (Å²) in [7, 11) is 0. The van der Waals surface area contributed by atoms with Crippen molar-refractivity contribution in [2.45, 2.75) is 32.2 Å². The number of hydrogen-bond donors (Lipinski definition) is 1. The highest BCUT2D eigenvalue weighted by molar-refractivity contribution is 6.00. The van der Waals surface area contributed by atoms with E-state index in [4.69, 9.17) is 0 Å². The van der Waals surface area contributed by atoms with Crippen LogP contribution >= 0.6 is 0 Å². The van der Waals surface area contributed by atoms with Gasteiger partial charge in [-0.2, -0.15) is 0 Å². The molecule has 2 amide bonds. The van der Waals surface area contributed by atoms with Crippen LogP contribution in [0.15, 0.2) is 24.3 Å². The van der Waals surface area contributed by atoms with Gasteiger partial charge in [0.2, 0.25) is 11.8 Å². The number of likely N-dealkylation sites (tertiary alicyclic amines) is 1. The van der Waals surface area contributed by atoms with E-state index in [1.54, 1.807) is 9.80 Å². The second-order valence-corrected chi connectivity index (χ2v) is 6.25. The van der Waals surface area contributed by atoms with Crippen LogP contribution in [-0.2, 0) is 9.59 Å². The average molecular weight is 302 g/mol. The molecule has 5 heteroatoms. The molecule has 1 aromatic rings. The summed E-state index contributed by atoms with van der Waals surface area (Å²) in [5.41, 5.74) is 2.00. The maximum Gasteiger partial charge on any atom is 0.228 e. The first-order chi connectivity index (χ1) is 10.6. The van der Waals surface area contributed by atoms with E-state index in [-0.39, 0.29) is 36.8 Å². The minimum atomic E-state index is -0.291. The molecule has 3 rings (SSSR count). The fourth-order valence-corrected chi connectivity index (χ4v) is 3.40. The predicted molar refractivity (Wildman–Crippen MR) is 83.5 cm³/mol. The van der Waals surface area contributed by atoms with Crippen molar-refractivity contribution >= 4 is 17.5 Å². The summed E-state index contributed by atoms with van der Waals surface area (Å²) in [5, 5.41) is 9.36. The van der Waals surface area contributed by atoms with Crippen LogP contribution in [0.25, 0.3) is 0 Å². The molecule has 0 saturated carbocycles. The lowest BCUT2D eigenvalue weighted by Gasteiger charge is -2.26. The number of anilines is 1. The number of aliphatic hydroxyl groups is 1. The van der Waals surface area contributed by atoms with Gasteiger partial charge in [-0.1, -0.05) is 17.7 Å². The number of benzene rings is 1. The number of amides is 2. The standard InChI is InChI=1S/C17H22N2O3/c1-12-4-6-14(7-5-12)19-10-13(9-16(19)21)17(22)18-8-2-3-15(18)11-20/h4-7,13,15,20H,2-3,8-11H2,1H3/t13?,15-/m1/s1. The van der Waals surface area contributed by atoms with Crippen LogP contribution in [0.3, 0.4) is 0 Å². The van der Waals surface area contributed by atoms with Gasteiger partial charge in [0.05, 0.1) is 18.6 Å². The van der Waals surface area contributed by atoms with Crippen molar-refractivity contribution < 1.29 is 14.7 Å². The van der Waals surface area contributed by atoms with E-state index in [2.05, 4.69) is 0 Å². The van der Waals surface area contributed by atoms with Crippen LogP contribution in [0.4, 0.5) is 5.69 Å². The summed E-state index contributed by atoms with van der Waals surface area (Å²) in [5.74, 6) is -0.276. The molecule has 0 aromatic heterocycles. The average Bonchev–Trinajstić information content (AvgIpc) is 3.14. The van der Waals surface area contributed by atoms with Gasteiger partial charge in [0.25, 0.3) is 0 Å². The topological polar surface area (TPSA) is 60.9 Å². The third-order valence-electron chi connectivity index (χ3n) is 4.69. The maximum absolute atomic E-state index is 12.6. The molecule has 2 saturated heterocycles. The van der Waals surface area contributed by atoms with E-state index in [0.717, 1.165) is 24.1 Å². The first kappa shape index (κ1) is 15.0. The SMILES string of the molecule is Cc1ccc(N2CC(C(=O)N3CCC[C@@H]3CO)CC2=O)cc1. The highest BCUT2D eigenvalue weighted by Gasteiger charge is 2.39. The van der Waals surface area contributed by atoms with Crippen molar-refractivity contribution in [3.8, 4) is 0 Å². The van der Waals surface area contributed by atoms with Crippen molar-refractivity contribution in [2.24, 2.45) is 5.92 Å². The number of carbonyl (C=O) groups excluding carboxylic acids is 2. The fourth-order valence-electron chi connectivity index (χ4n) is 3.40. The van der Waals surface area contributed by atoms with Crippen molar-refractivity contribution in [2.75, 3.05) is 24.6 Å². The van der Waals surface area contributed by atoms with Gasteiger partial charge in [0, 0.05) is 25.2 Å². The Labute approximate surface area is 130 Å². The molecule has 2 heterocycles. The zero-order valence-corrected chi connectivity index (χ0v) is 12.9. The molecule has 1 aromatic carbocycles. The molecule has 0 bridgehead atoms. The molecule has 2 fully saturated rings. The highest BCUT2D eigenvalue weighted by atomic mass is 16.3. The Morgan fingerprint density at radius 2 is 2.05 bits per heavy atom. The normalized spacial score (nSPS) is 25.1. The zero-order valence-electron chi connectivity index (χ0n) is 12.9. The largest absolute Gasteiger partial charge is 0.394 e. The van der Waals surface area contributed by atoms with Crippen molar-refractivity contribution in [3.63, 3.8) is 0 Å². The highest BCUT2D eigenvalue weighted by Crippen LogP contribution is 2.28. The van der Waals surface area contributed by atoms with Gasteiger partial charge >= 0.3 is 0 Å². The Bertz CT molecular complexity index is 570. The van der Waals surface area contributed by atoms with Gasteiger partial charge in [0.1, 0.15) is 0 Å². The zero-order chi connectivity index (χ0) is 15.7. The molecule has 118 valence electrons. The van der Waals surface area contributed by atoms with Crippen molar-refractivity contribution in [1.82, 2.24) is 4.90 Å². The minimum absolute atomic E-state index is 0.00180. The van der Waals surface area contributed by atoms with Gasteiger partial charge in [-0.3, -0.25) is 9.59 Å². The molecule has 2 aliphatic rings. The summed E-state index contributed by atoms with van der Waals surface area (Å²) in [6, 6.07) is 7.72. The number of hydrogen-bond acceptors (Lipinski definition) is 3. The van der Waals surface area contributed by atoms with E-state index in [0.29, 0.717) is 13.1 Å². The number of carbonyl (C=O) groups is 2. The summed E-state index contributed by atoms with van der Waals surface area (Å²) >= 11 is 0. The van der Waals surface area contributed by atoms with Gasteiger partial charge in [-0.15, -0.1) is 0 Å². The van der Waals surface area contributed by atoms with E-state index in [1.807, 2.05) is 31.2 Å². The van der Waals surface area contributed by atoms with E-state index in [1.165, 1.54) is 0 Å². The van der Waals surface area contributed by atoms with E-state index < -0.39 is 0 Å². The number of aliphatic hydroxyl groups excluding tert-OH is 1. The van der Waals surface area contributed by atoms with Gasteiger partial charge in [0.15, 0.2) is 0 Å². The summed E-state index contributed by atoms with van der Waals surface area (Å²) < 4.78 is 0. The number of aryl methyl sites for hydroxylation is 1. The van der Waals surface area contributed by atoms with Crippen LogP contribution in [0.1, 0.15) is 24.8 Å². The van der Waals surface area contributed by atoms with Crippen LogP contribution in [0.5, 0.6) is 0 Å². The molecular formula is C17H22N2O3. The Morgan fingerprint density at radius 3 is 2.73 bits per heavy atom. The Hall–Kier alpha value is -1.88. The Morgan fingerprint density at radius 1 is 1.32 bits per heavy atom. The van der Waals surface area contributed by atoms with Crippen LogP contribution in [0.2, 0.25) is 0 Å². The number of nitrogens with zero attached hydrogens (tertiary/aromatic N) is 2. The monoisotopic (exact) mass is 302 g/mol.